The van der Waals surface area contributed by atoms with Crippen LogP contribution in [-0.2, 0) is 23.1 Å². The SMILES string of the molecule is CCOC(=O)CC(c1ccc(C)c(CN2CC(CC)Oc3ncccc3S2(O)O)c1)c1ccc2c(nnn2C)c1C. The number of esters is 1. The maximum absolute atomic E-state index is 12.8. The number of fused-ring (bicyclic) bond motifs is 2. The van der Waals surface area contributed by atoms with Gasteiger partial charge in [-0.25, -0.2) is 9.67 Å². The van der Waals surface area contributed by atoms with Crippen LogP contribution in [0.1, 0.15) is 60.4 Å². The molecule has 2 atom stereocenters. The van der Waals surface area contributed by atoms with E-state index in [1.54, 1.807) is 34.2 Å². The minimum absolute atomic E-state index is 0.159. The lowest BCUT2D eigenvalue weighted by atomic mass is 9.84. The van der Waals surface area contributed by atoms with E-state index >= 15 is 0 Å². The number of nitrogens with zero attached hydrogens (tertiary/aromatic N) is 5. The van der Waals surface area contributed by atoms with Crippen molar-refractivity contribution < 1.29 is 23.4 Å². The molecule has 1 aliphatic rings. The standard InChI is InChI=1S/C30H37N5O5S/c1-6-23-18-35(41(37,38)27-9-8-14-31-30(27)40-23)17-22-15-21(11-10-19(22)3)25(16-28(36)39-7-2)24-12-13-26-29(20(24)4)32-33-34(26)5/h8-15,23,25,37-38H,6-7,16-18H2,1-5H3. The lowest BCUT2D eigenvalue weighted by Gasteiger charge is -2.41. The number of aromatic nitrogens is 4. The van der Waals surface area contributed by atoms with Crippen LogP contribution in [-0.4, -0.2) is 58.6 Å². The van der Waals surface area contributed by atoms with Crippen LogP contribution in [0, 0.1) is 13.8 Å². The number of benzene rings is 2. The molecule has 0 aliphatic carbocycles. The average molecular weight is 580 g/mol. The van der Waals surface area contributed by atoms with Crippen molar-refractivity contribution in [2.24, 2.45) is 7.05 Å². The minimum atomic E-state index is -3.36. The Morgan fingerprint density at radius 2 is 2.00 bits per heavy atom. The molecule has 0 amide bonds. The third-order valence-electron chi connectivity index (χ3n) is 7.79. The molecule has 0 radical (unpaired) electrons. The molecule has 2 unspecified atom stereocenters. The molecular weight excluding hydrogens is 542 g/mol. The van der Waals surface area contributed by atoms with Gasteiger partial charge < -0.3 is 9.47 Å². The van der Waals surface area contributed by atoms with Crippen LogP contribution in [0.2, 0.25) is 0 Å². The molecular formula is C30H37N5O5S. The first-order chi connectivity index (χ1) is 19.6. The van der Waals surface area contributed by atoms with Crippen molar-refractivity contribution in [1.29, 1.82) is 0 Å². The molecule has 2 N–H and O–H groups in total. The third-order valence-corrected chi connectivity index (χ3v) is 9.68. The van der Waals surface area contributed by atoms with Crippen molar-refractivity contribution in [1.82, 2.24) is 24.3 Å². The number of pyridine rings is 1. The van der Waals surface area contributed by atoms with Crippen molar-refractivity contribution in [3.05, 3.63) is 76.5 Å². The summed E-state index contributed by atoms with van der Waals surface area (Å²) < 4.78 is 37.8. The maximum Gasteiger partial charge on any atom is 0.306 e. The Bertz CT molecular complexity index is 1570. The van der Waals surface area contributed by atoms with Gasteiger partial charge in [-0.15, -0.1) is 15.9 Å². The van der Waals surface area contributed by atoms with Crippen molar-refractivity contribution >= 4 is 27.8 Å². The zero-order valence-corrected chi connectivity index (χ0v) is 24.9. The Morgan fingerprint density at radius 1 is 1.20 bits per heavy atom. The molecule has 0 saturated carbocycles. The summed E-state index contributed by atoms with van der Waals surface area (Å²) in [6, 6.07) is 13.5. The zero-order chi connectivity index (χ0) is 29.3. The second-order valence-corrected chi connectivity index (χ2v) is 12.4. The predicted octanol–water partition coefficient (Wildman–Crippen LogP) is 5.76. The van der Waals surface area contributed by atoms with E-state index in [1.165, 1.54) is 0 Å². The van der Waals surface area contributed by atoms with E-state index in [9.17, 15) is 13.9 Å². The number of hydrogen-bond acceptors (Lipinski definition) is 9. The van der Waals surface area contributed by atoms with Gasteiger partial charge in [-0.05, 0) is 73.2 Å². The topological polar surface area (TPSA) is 123 Å². The average Bonchev–Trinajstić information content (AvgIpc) is 3.29. The highest BCUT2D eigenvalue weighted by molar-refractivity contribution is 8.22. The molecule has 2 aromatic heterocycles. The van der Waals surface area contributed by atoms with Gasteiger partial charge in [0.05, 0.1) is 25.1 Å². The maximum atomic E-state index is 12.8. The largest absolute Gasteiger partial charge is 0.472 e. The van der Waals surface area contributed by atoms with E-state index in [4.69, 9.17) is 9.47 Å². The van der Waals surface area contributed by atoms with Gasteiger partial charge in [-0.2, -0.15) is 4.31 Å². The van der Waals surface area contributed by atoms with Crippen LogP contribution < -0.4 is 4.74 Å². The Labute approximate surface area is 241 Å². The molecule has 0 saturated heterocycles. The van der Waals surface area contributed by atoms with Crippen molar-refractivity contribution in [3.8, 4) is 5.88 Å². The van der Waals surface area contributed by atoms with Crippen LogP contribution >= 0.6 is 10.8 Å². The van der Waals surface area contributed by atoms with Crippen molar-refractivity contribution in [2.45, 2.75) is 64.0 Å². The predicted molar refractivity (Wildman–Crippen MR) is 158 cm³/mol. The van der Waals surface area contributed by atoms with E-state index in [0.717, 1.165) is 38.9 Å². The van der Waals surface area contributed by atoms with Gasteiger partial charge in [-0.3, -0.25) is 13.9 Å². The summed E-state index contributed by atoms with van der Waals surface area (Å²) in [5.74, 6) is -0.315. The normalized spacial score (nSPS) is 18.3. The fourth-order valence-corrected chi connectivity index (χ4v) is 6.96. The number of aryl methyl sites for hydroxylation is 3. The molecule has 0 spiro atoms. The molecule has 0 fully saturated rings. The van der Waals surface area contributed by atoms with Gasteiger partial charge in [-0.1, -0.05) is 36.4 Å². The number of carbonyl (C=O) groups is 1. The molecule has 10 nitrogen and oxygen atoms in total. The number of carbonyl (C=O) groups excluding carboxylic acids is 1. The van der Waals surface area contributed by atoms with Gasteiger partial charge in [0.2, 0.25) is 5.88 Å². The van der Waals surface area contributed by atoms with Gasteiger partial charge in [0.25, 0.3) is 0 Å². The quantitative estimate of drug-likeness (QED) is 0.251. The Hall–Kier alpha value is -3.51. The highest BCUT2D eigenvalue weighted by Gasteiger charge is 2.36. The van der Waals surface area contributed by atoms with E-state index in [-0.39, 0.29) is 41.7 Å². The highest BCUT2D eigenvalue weighted by atomic mass is 32.3. The molecule has 41 heavy (non-hydrogen) atoms. The van der Waals surface area contributed by atoms with Crippen LogP contribution in [0.3, 0.4) is 0 Å². The Kier molecular flexibility index (Phi) is 8.32. The van der Waals surface area contributed by atoms with Crippen LogP contribution in [0.5, 0.6) is 5.88 Å². The summed E-state index contributed by atoms with van der Waals surface area (Å²) in [6.07, 6.45) is 2.19. The van der Waals surface area contributed by atoms with Gasteiger partial charge >= 0.3 is 5.97 Å². The van der Waals surface area contributed by atoms with E-state index in [1.807, 2.05) is 52.1 Å². The zero-order valence-electron chi connectivity index (χ0n) is 24.1. The number of ether oxygens (including phenoxy) is 2. The molecule has 11 heteroatoms. The van der Waals surface area contributed by atoms with Crippen LogP contribution in [0.15, 0.2) is 53.6 Å². The first-order valence-electron chi connectivity index (χ1n) is 13.8. The third kappa shape index (κ3) is 5.67. The lowest BCUT2D eigenvalue weighted by Crippen LogP contribution is -2.34. The summed E-state index contributed by atoms with van der Waals surface area (Å²) in [5, 5.41) is 8.53. The van der Waals surface area contributed by atoms with E-state index in [0.29, 0.717) is 19.6 Å². The monoisotopic (exact) mass is 579 g/mol. The van der Waals surface area contributed by atoms with Gasteiger partial charge in [0, 0.05) is 25.7 Å². The molecule has 1 aliphatic heterocycles. The minimum Gasteiger partial charge on any atom is -0.472 e. The Morgan fingerprint density at radius 3 is 2.76 bits per heavy atom. The number of hydrogen-bond donors (Lipinski definition) is 2. The highest BCUT2D eigenvalue weighted by Crippen LogP contribution is 2.57. The van der Waals surface area contributed by atoms with Crippen LogP contribution in [0.25, 0.3) is 11.0 Å². The smallest absolute Gasteiger partial charge is 0.306 e. The fourth-order valence-electron chi connectivity index (χ4n) is 5.39. The van der Waals surface area contributed by atoms with E-state index < -0.39 is 10.8 Å². The van der Waals surface area contributed by atoms with Crippen molar-refractivity contribution in [3.63, 3.8) is 0 Å². The van der Waals surface area contributed by atoms with Gasteiger partial charge in [0.1, 0.15) is 16.5 Å². The Balaban J connectivity index is 1.55. The second kappa shape index (κ2) is 11.8. The lowest BCUT2D eigenvalue weighted by molar-refractivity contribution is -0.143. The molecule has 2 aromatic carbocycles. The molecule has 0 bridgehead atoms. The summed E-state index contributed by atoms with van der Waals surface area (Å²) in [5.41, 5.74) is 6.50. The summed E-state index contributed by atoms with van der Waals surface area (Å²) in [6.45, 7) is 8.72. The summed E-state index contributed by atoms with van der Waals surface area (Å²) in [7, 11) is -1.51. The van der Waals surface area contributed by atoms with Crippen molar-refractivity contribution in [2.75, 3.05) is 13.2 Å². The van der Waals surface area contributed by atoms with Crippen LogP contribution in [0.4, 0.5) is 0 Å². The fraction of sp³-hybridized carbons (Fsp3) is 0.400. The van der Waals surface area contributed by atoms with Gasteiger partial charge in [0.15, 0.2) is 0 Å². The summed E-state index contributed by atoms with van der Waals surface area (Å²) in [4.78, 5) is 17.4. The molecule has 5 rings (SSSR count). The molecule has 218 valence electrons. The second-order valence-electron chi connectivity index (χ2n) is 10.4. The first-order valence-corrected chi connectivity index (χ1v) is 15.3. The number of rotatable bonds is 8. The van der Waals surface area contributed by atoms with E-state index in [2.05, 4.69) is 21.4 Å². The first kappa shape index (κ1) is 29.0. The molecule has 4 aromatic rings. The summed E-state index contributed by atoms with van der Waals surface area (Å²) >= 11 is 0. The molecule has 3 heterocycles.